The maximum atomic E-state index is 12.5. The van der Waals surface area contributed by atoms with E-state index < -0.39 is 0 Å². The normalized spacial score (nSPS) is 10.3. The number of anilines is 1. The molecule has 24 heavy (non-hydrogen) atoms. The molecule has 0 unspecified atom stereocenters. The molecule has 0 aliphatic heterocycles. The molecule has 1 amide bonds. The second kappa shape index (κ2) is 8.60. The minimum atomic E-state index is -0.249. The third kappa shape index (κ3) is 4.65. The molecule has 5 heteroatoms. The van der Waals surface area contributed by atoms with Crippen LogP contribution in [0.2, 0.25) is 5.02 Å². The topological polar surface area (TPSA) is 47.6 Å². The summed E-state index contributed by atoms with van der Waals surface area (Å²) in [5, 5.41) is 3.22. The number of methoxy groups -OCH3 is 1. The fraction of sp³-hybridized carbons (Fsp3) is 0.316. The van der Waals surface area contributed by atoms with E-state index in [-0.39, 0.29) is 5.91 Å². The van der Waals surface area contributed by atoms with Crippen molar-refractivity contribution in [1.82, 2.24) is 0 Å². The van der Waals surface area contributed by atoms with E-state index >= 15 is 0 Å². The van der Waals surface area contributed by atoms with Gasteiger partial charge in [-0.15, -0.1) is 0 Å². The summed E-state index contributed by atoms with van der Waals surface area (Å²) in [5.41, 5.74) is 2.22. The molecule has 2 aromatic rings. The van der Waals surface area contributed by atoms with E-state index in [4.69, 9.17) is 21.1 Å². The molecule has 0 saturated heterocycles. The molecule has 0 aromatic heterocycles. The Balaban J connectivity index is 2.21. The van der Waals surface area contributed by atoms with Crippen LogP contribution >= 0.6 is 11.6 Å². The van der Waals surface area contributed by atoms with Crippen molar-refractivity contribution in [3.8, 4) is 11.5 Å². The van der Waals surface area contributed by atoms with Gasteiger partial charge < -0.3 is 14.8 Å². The Morgan fingerprint density at radius 2 is 2.04 bits per heavy atom. The van der Waals surface area contributed by atoms with E-state index in [2.05, 4.69) is 12.2 Å². The average Bonchev–Trinajstić information content (AvgIpc) is 2.56. The van der Waals surface area contributed by atoms with E-state index in [9.17, 15) is 4.79 Å². The van der Waals surface area contributed by atoms with E-state index in [0.29, 0.717) is 28.7 Å². The van der Waals surface area contributed by atoms with Gasteiger partial charge in [-0.05, 0) is 43.2 Å². The first-order chi connectivity index (χ1) is 11.5. The molecule has 0 fully saturated rings. The van der Waals surface area contributed by atoms with Crippen LogP contribution in [-0.2, 0) is 0 Å². The van der Waals surface area contributed by atoms with Gasteiger partial charge in [0, 0.05) is 11.3 Å². The summed E-state index contributed by atoms with van der Waals surface area (Å²) in [7, 11) is 1.53. The van der Waals surface area contributed by atoms with Gasteiger partial charge >= 0.3 is 0 Å². The van der Waals surface area contributed by atoms with Crippen LogP contribution in [0.15, 0.2) is 36.4 Å². The molecule has 0 spiro atoms. The Morgan fingerprint density at radius 1 is 1.25 bits per heavy atom. The van der Waals surface area contributed by atoms with E-state index in [0.717, 1.165) is 24.1 Å². The fourth-order valence-electron chi connectivity index (χ4n) is 2.24. The van der Waals surface area contributed by atoms with Crippen LogP contribution in [0.5, 0.6) is 11.5 Å². The molecule has 0 heterocycles. The van der Waals surface area contributed by atoms with Crippen LogP contribution in [0.25, 0.3) is 0 Å². The molecule has 0 aliphatic rings. The summed E-state index contributed by atoms with van der Waals surface area (Å²) in [5.74, 6) is 0.675. The van der Waals surface area contributed by atoms with Crippen molar-refractivity contribution >= 4 is 23.2 Å². The number of rotatable bonds is 7. The first kappa shape index (κ1) is 18.1. The number of halogens is 1. The Kier molecular flexibility index (Phi) is 6.50. The van der Waals surface area contributed by atoms with Gasteiger partial charge in [0.2, 0.25) is 0 Å². The van der Waals surface area contributed by atoms with Crippen LogP contribution in [0, 0.1) is 6.92 Å². The van der Waals surface area contributed by atoms with Crippen molar-refractivity contribution in [3.05, 3.63) is 52.5 Å². The lowest BCUT2D eigenvalue weighted by molar-refractivity contribution is 0.102. The number of unbranched alkanes of at least 4 members (excludes halogenated alkanes) is 1. The molecule has 4 nitrogen and oxygen atoms in total. The monoisotopic (exact) mass is 347 g/mol. The molecule has 128 valence electrons. The Hall–Kier alpha value is -2.20. The zero-order chi connectivity index (χ0) is 17.5. The van der Waals surface area contributed by atoms with E-state index in [1.54, 1.807) is 12.1 Å². The van der Waals surface area contributed by atoms with Crippen molar-refractivity contribution in [2.75, 3.05) is 19.0 Å². The second-order valence-electron chi connectivity index (χ2n) is 5.52. The molecule has 0 aliphatic carbocycles. The number of nitrogens with one attached hydrogen (secondary N) is 1. The molecule has 2 aromatic carbocycles. The number of aryl methyl sites for hydroxylation is 1. The number of hydrogen-bond donors (Lipinski definition) is 1. The van der Waals surface area contributed by atoms with Crippen molar-refractivity contribution < 1.29 is 14.3 Å². The maximum Gasteiger partial charge on any atom is 0.255 e. The standard InChI is InChI=1S/C19H22ClNO3/c1-4-5-9-24-18-16(20)11-14(12-17(18)23-3)19(22)21-15-8-6-7-13(2)10-15/h6-8,10-12H,4-5,9H2,1-3H3,(H,21,22). The highest BCUT2D eigenvalue weighted by Crippen LogP contribution is 2.36. The molecule has 0 bridgehead atoms. The van der Waals surface area contributed by atoms with Gasteiger partial charge in [0.1, 0.15) is 0 Å². The number of carbonyl (C=O) groups excluding carboxylic acids is 1. The zero-order valence-electron chi connectivity index (χ0n) is 14.2. The van der Waals surface area contributed by atoms with Gasteiger partial charge in [0.25, 0.3) is 5.91 Å². The second-order valence-corrected chi connectivity index (χ2v) is 5.92. The summed E-state index contributed by atoms with van der Waals surface area (Å²) >= 11 is 6.28. The third-order valence-corrected chi connectivity index (χ3v) is 3.79. The highest BCUT2D eigenvalue weighted by Gasteiger charge is 2.16. The molecule has 0 atom stereocenters. The largest absolute Gasteiger partial charge is 0.493 e. The van der Waals surface area contributed by atoms with Gasteiger partial charge in [-0.3, -0.25) is 4.79 Å². The number of benzene rings is 2. The van der Waals surface area contributed by atoms with Crippen LogP contribution in [0.1, 0.15) is 35.7 Å². The first-order valence-electron chi connectivity index (χ1n) is 7.93. The SMILES string of the molecule is CCCCOc1c(Cl)cc(C(=O)Nc2cccc(C)c2)cc1OC. The Bertz CT molecular complexity index is 716. The van der Waals surface area contributed by atoms with Gasteiger partial charge in [-0.2, -0.15) is 0 Å². The van der Waals surface area contributed by atoms with Crippen molar-refractivity contribution in [3.63, 3.8) is 0 Å². The van der Waals surface area contributed by atoms with Crippen molar-refractivity contribution in [2.24, 2.45) is 0 Å². The predicted octanol–water partition coefficient (Wildman–Crippen LogP) is 5.09. The molecule has 1 N–H and O–H groups in total. The van der Waals surface area contributed by atoms with Gasteiger partial charge in [-0.25, -0.2) is 0 Å². The minimum absolute atomic E-state index is 0.249. The molecular weight excluding hydrogens is 326 g/mol. The summed E-state index contributed by atoms with van der Waals surface area (Å²) < 4.78 is 11.0. The lowest BCUT2D eigenvalue weighted by Crippen LogP contribution is -2.12. The highest BCUT2D eigenvalue weighted by molar-refractivity contribution is 6.32. The van der Waals surface area contributed by atoms with E-state index in [1.165, 1.54) is 7.11 Å². The van der Waals surface area contributed by atoms with Gasteiger partial charge in [-0.1, -0.05) is 37.1 Å². The summed E-state index contributed by atoms with van der Waals surface area (Å²) in [4.78, 5) is 12.5. The zero-order valence-corrected chi connectivity index (χ0v) is 14.9. The summed E-state index contributed by atoms with van der Waals surface area (Å²) in [6, 6.07) is 10.8. The van der Waals surface area contributed by atoms with Crippen LogP contribution in [0.3, 0.4) is 0 Å². The quantitative estimate of drug-likeness (QED) is 0.710. The average molecular weight is 348 g/mol. The lowest BCUT2D eigenvalue weighted by atomic mass is 10.1. The lowest BCUT2D eigenvalue weighted by Gasteiger charge is -2.14. The minimum Gasteiger partial charge on any atom is -0.493 e. The maximum absolute atomic E-state index is 12.5. The van der Waals surface area contributed by atoms with Gasteiger partial charge in [0.15, 0.2) is 11.5 Å². The Morgan fingerprint density at radius 3 is 2.71 bits per heavy atom. The summed E-state index contributed by atoms with van der Waals surface area (Å²) in [6.07, 6.45) is 1.95. The molecule has 0 saturated carbocycles. The number of amides is 1. The van der Waals surface area contributed by atoms with Crippen molar-refractivity contribution in [2.45, 2.75) is 26.7 Å². The van der Waals surface area contributed by atoms with Crippen LogP contribution in [0.4, 0.5) is 5.69 Å². The van der Waals surface area contributed by atoms with E-state index in [1.807, 2.05) is 31.2 Å². The smallest absolute Gasteiger partial charge is 0.255 e. The number of hydrogen-bond acceptors (Lipinski definition) is 3. The summed E-state index contributed by atoms with van der Waals surface area (Å²) in [6.45, 7) is 4.61. The third-order valence-electron chi connectivity index (χ3n) is 3.51. The molecule has 2 rings (SSSR count). The molecular formula is C19H22ClNO3. The Labute approximate surface area is 147 Å². The van der Waals surface area contributed by atoms with Crippen LogP contribution < -0.4 is 14.8 Å². The number of carbonyl (C=O) groups is 1. The fourth-order valence-corrected chi connectivity index (χ4v) is 2.50. The van der Waals surface area contributed by atoms with Crippen LogP contribution in [-0.4, -0.2) is 19.6 Å². The first-order valence-corrected chi connectivity index (χ1v) is 8.31. The van der Waals surface area contributed by atoms with Gasteiger partial charge in [0.05, 0.1) is 18.7 Å². The van der Waals surface area contributed by atoms with Crippen molar-refractivity contribution in [1.29, 1.82) is 0 Å². The highest BCUT2D eigenvalue weighted by atomic mass is 35.5. The predicted molar refractivity (Wildman–Crippen MR) is 97.5 cm³/mol. The molecule has 0 radical (unpaired) electrons. The number of ether oxygens (including phenoxy) is 2.